The molecule has 0 fully saturated rings. The lowest BCUT2D eigenvalue weighted by Crippen LogP contribution is -2.37. The van der Waals surface area contributed by atoms with Crippen molar-refractivity contribution in [3.8, 4) is 0 Å². The Morgan fingerprint density at radius 1 is 1.10 bits per heavy atom. The maximum absolute atomic E-state index is 11.5. The van der Waals surface area contributed by atoms with Crippen LogP contribution < -0.4 is 16.0 Å². The summed E-state index contributed by atoms with van der Waals surface area (Å²) in [5, 5.41) is 16.5. The minimum Gasteiger partial charge on any atom is -0.481 e. The van der Waals surface area contributed by atoms with E-state index >= 15 is 0 Å². The fraction of sp³-hybridized carbons (Fsp3) is 0.357. The minimum atomic E-state index is -0.919. The van der Waals surface area contributed by atoms with Crippen LogP contribution in [0.3, 0.4) is 0 Å². The number of rotatable bonds is 7. The van der Waals surface area contributed by atoms with Gasteiger partial charge in [0.05, 0.1) is 6.42 Å². The van der Waals surface area contributed by atoms with E-state index in [1.54, 1.807) is 24.3 Å². The summed E-state index contributed by atoms with van der Waals surface area (Å²) in [4.78, 5) is 33.3. The van der Waals surface area contributed by atoms with Gasteiger partial charge >= 0.3 is 12.0 Å². The molecule has 0 unspecified atom stereocenters. The second-order valence-corrected chi connectivity index (χ2v) is 4.37. The number of carboxylic acids is 1. The van der Waals surface area contributed by atoms with Gasteiger partial charge in [0.25, 0.3) is 0 Å². The highest BCUT2D eigenvalue weighted by molar-refractivity contribution is 5.78. The molecule has 0 aliphatic carbocycles. The van der Waals surface area contributed by atoms with Crippen LogP contribution in [-0.4, -0.2) is 36.6 Å². The van der Waals surface area contributed by atoms with Gasteiger partial charge in [0.1, 0.15) is 0 Å². The van der Waals surface area contributed by atoms with Gasteiger partial charge in [0.2, 0.25) is 5.91 Å². The Bertz CT molecular complexity index is 517. The summed E-state index contributed by atoms with van der Waals surface area (Å²) in [5.41, 5.74) is 1.41. The van der Waals surface area contributed by atoms with Gasteiger partial charge in [-0.25, -0.2) is 4.79 Å². The predicted octanol–water partition coefficient (Wildman–Crippen LogP) is 0.249. The maximum Gasteiger partial charge on any atom is 0.315 e. The third kappa shape index (κ3) is 6.42. The first kappa shape index (κ1) is 16.5. The van der Waals surface area contributed by atoms with Crippen LogP contribution in [0, 0.1) is 0 Å². The Labute approximate surface area is 122 Å². The van der Waals surface area contributed by atoms with E-state index in [4.69, 9.17) is 5.11 Å². The van der Waals surface area contributed by atoms with Crippen molar-refractivity contribution in [1.29, 1.82) is 0 Å². The van der Waals surface area contributed by atoms with E-state index in [0.29, 0.717) is 5.56 Å². The average molecular weight is 293 g/mol. The molecule has 1 aromatic rings. The number of carboxylic acid groups (broad SMARTS) is 1. The minimum absolute atomic E-state index is 0.0872. The highest BCUT2D eigenvalue weighted by atomic mass is 16.4. The highest BCUT2D eigenvalue weighted by Crippen LogP contribution is 2.09. The van der Waals surface area contributed by atoms with E-state index in [1.807, 2.05) is 0 Å². The van der Waals surface area contributed by atoms with E-state index in [9.17, 15) is 14.4 Å². The van der Waals surface area contributed by atoms with Crippen LogP contribution in [0.1, 0.15) is 17.5 Å². The zero-order chi connectivity index (χ0) is 15.7. The topological polar surface area (TPSA) is 108 Å². The number of carbonyl (C=O) groups is 3. The van der Waals surface area contributed by atoms with Crippen LogP contribution in [0.25, 0.3) is 0 Å². The van der Waals surface area contributed by atoms with Gasteiger partial charge in [-0.3, -0.25) is 9.59 Å². The number of amides is 3. The quantitative estimate of drug-likeness (QED) is 0.578. The number of nitrogens with one attached hydrogen (secondary N) is 3. The zero-order valence-corrected chi connectivity index (χ0v) is 11.8. The molecule has 7 heteroatoms. The summed E-state index contributed by atoms with van der Waals surface area (Å²) in [6.07, 6.45) is 0.121. The van der Waals surface area contributed by atoms with Gasteiger partial charge in [0, 0.05) is 26.6 Å². The van der Waals surface area contributed by atoms with Gasteiger partial charge in [-0.1, -0.05) is 24.3 Å². The third-order valence-electron chi connectivity index (χ3n) is 2.82. The number of urea groups is 1. The Balaban J connectivity index is 2.42. The monoisotopic (exact) mass is 293 g/mol. The second kappa shape index (κ2) is 8.57. The van der Waals surface area contributed by atoms with E-state index in [2.05, 4.69) is 16.0 Å². The van der Waals surface area contributed by atoms with Crippen LogP contribution in [0.4, 0.5) is 4.79 Å². The van der Waals surface area contributed by atoms with E-state index in [1.165, 1.54) is 7.05 Å². The molecule has 0 heterocycles. The molecule has 1 rings (SSSR count). The molecular weight excluding hydrogens is 274 g/mol. The molecule has 0 bridgehead atoms. The van der Waals surface area contributed by atoms with Gasteiger partial charge in [-0.15, -0.1) is 0 Å². The summed E-state index contributed by atoms with van der Waals surface area (Å²) < 4.78 is 0. The van der Waals surface area contributed by atoms with E-state index in [-0.39, 0.29) is 31.8 Å². The van der Waals surface area contributed by atoms with Crippen molar-refractivity contribution in [2.24, 2.45) is 0 Å². The first-order valence-electron chi connectivity index (χ1n) is 6.53. The predicted molar refractivity (Wildman–Crippen MR) is 76.7 cm³/mol. The second-order valence-electron chi connectivity index (χ2n) is 4.37. The number of aliphatic carboxylic acids is 1. The third-order valence-corrected chi connectivity index (χ3v) is 2.82. The summed E-state index contributed by atoms with van der Waals surface area (Å²) in [7, 11) is 1.53. The van der Waals surface area contributed by atoms with Crippen molar-refractivity contribution in [2.75, 3.05) is 13.6 Å². The molecule has 0 aliphatic heterocycles. The molecule has 3 amide bonds. The van der Waals surface area contributed by atoms with E-state index in [0.717, 1.165) is 5.56 Å². The molecule has 7 nitrogen and oxygen atoms in total. The SMILES string of the molecule is CNC(=O)CCNC(=O)NCc1ccccc1CC(=O)O. The number of hydrogen-bond acceptors (Lipinski definition) is 3. The first-order valence-corrected chi connectivity index (χ1v) is 6.53. The largest absolute Gasteiger partial charge is 0.481 e. The van der Waals surface area contributed by atoms with Crippen molar-refractivity contribution in [1.82, 2.24) is 16.0 Å². The molecule has 114 valence electrons. The Morgan fingerprint density at radius 2 is 1.76 bits per heavy atom. The molecule has 0 radical (unpaired) electrons. The smallest absolute Gasteiger partial charge is 0.315 e. The summed E-state index contributed by atoms with van der Waals surface area (Å²) >= 11 is 0. The van der Waals surface area contributed by atoms with Gasteiger partial charge in [-0.2, -0.15) is 0 Å². The molecule has 0 aromatic heterocycles. The van der Waals surface area contributed by atoms with Crippen LogP contribution in [0.2, 0.25) is 0 Å². The van der Waals surface area contributed by atoms with Crippen LogP contribution in [-0.2, 0) is 22.6 Å². The zero-order valence-electron chi connectivity index (χ0n) is 11.8. The molecule has 0 saturated carbocycles. The lowest BCUT2D eigenvalue weighted by atomic mass is 10.0. The lowest BCUT2D eigenvalue weighted by Gasteiger charge is -2.10. The summed E-state index contributed by atoms with van der Waals surface area (Å²) in [6, 6.07) is 6.62. The van der Waals surface area contributed by atoms with Crippen LogP contribution >= 0.6 is 0 Å². The van der Waals surface area contributed by atoms with Gasteiger partial charge in [0.15, 0.2) is 0 Å². The lowest BCUT2D eigenvalue weighted by molar-refractivity contribution is -0.136. The molecule has 21 heavy (non-hydrogen) atoms. The molecule has 0 aliphatic rings. The Kier molecular flexibility index (Phi) is 6.73. The number of benzene rings is 1. The average Bonchev–Trinajstić information content (AvgIpc) is 2.45. The van der Waals surface area contributed by atoms with Crippen LogP contribution in [0.15, 0.2) is 24.3 Å². The molecular formula is C14H19N3O4. The van der Waals surface area contributed by atoms with Crippen molar-refractivity contribution in [2.45, 2.75) is 19.4 Å². The van der Waals surface area contributed by atoms with E-state index < -0.39 is 12.0 Å². The van der Waals surface area contributed by atoms with Crippen molar-refractivity contribution in [3.63, 3.8) is 0 Å². The number of hydrogen-bond donors (Lipinski definition) is 4. The first-order chi connectivity index (χ1) is 10.0. The molecule has 0 saturated heterocycles. The Hall–Kier alpha value is -2.57. The van der Waals surface area contributed by atoms with Crippen molar-refractivity contribution in [3.05, 3.63) is 35.4 Å². The maximum atomic E-state index is 11.5. The fourth-order valence-electron chi connectivity index (χ4n) is 1.72. The summed E-state index contributed by atoms with van der Waals surface area (Å²) in [6.45, 7) is 0.470. The summed E-state index contributed by atoms with van der Waals surface area (Å²) in [5.74, 6) is -1.07. The molecule has 4 N–H and O–H groups in total. The van der Waals surface area contributed by atoms with Crippen molar-refractivity contribution >= 4 is 17.9 Å². The Morgan fingerprint density at radius 3 is 2.38 bits per heavy atom. The highest BCUT2D eigenvalue weighted by Gasteiger charge is 2.07. The van der Waals surface area contributed by atoms with Crippen molar-refractivity contribution < 1.29 is 19.5 Å². The molecule has 0 atom stereocenters. The van der Waals surface area contributed by atoms with Gasteiger partial charge in [-0.05, 0) is 11.1 Å². The standard InChI is InChI=1S/C14H19N3O4/c1-15-12(18)6-7-16-14(21)17-9-11-5-3-2-4-10(11)8-13(19)20/h2-5H,6-9H2,1H3,(H,15,18)(H,19,20)(H2,16,17,21). The fourth-order valence-corrected chi connectivity index (χ4v) is 1.72. The van der Waals surface area contributed by atoms with Crippen LogP contribution in [0.5, 0.6) is 0 Å². The number of carbonyl (C=O) groups excluding carboxylic acids is 2. The molecule has 1 aromatic carbocycles. The molecule has 0 spiro atoms. The van der Waals surface area contributed by atoms with Gasteiger partial charge < -0.3 is 21.1 Å². The normalized spacial score (nSPS) is 9.76.